The van der Waals surface area contributed by atoms with Crippen molar-refractivity contribution in [3.05, 3.63) is 28.2 Å². The number of amides is 2. The van der Waals surface area contributed by atoms with Gasteiger partial charge in [0.15, 0.2) is 0 Å². The number of hydrogen-bond acceptors (Lipinski definition) is 4. The molecule has 0 unspecified atom stereocenters. The molecular weight excluding hydrogens is 283 g/mol. The third kappa shape index (κ3) is 4.30. The van der Waals surface area contributed by atoms with Crippen molar-refractivity contribution in [2.45, 2.75) is 6.18 Å². The fourth-order valence-electron chi connectivity index (χ4n) is 1.16. The van der Waals surface area contributed by atoms with Crippen molar-refractivity contribution >= 4 is 17.7 Å². The summed E-state index contributed by atoms with van der Waals surface area (Å²) >= 11 is 0. The highest BCUT2D eigenvalue weighted by atomic mass is 19.4. The Bertz CT molecular complexity index is 568. The van der Waals surface area contributed by atoms with Gasteiger partial charge in [-0.25, -0.2) is 4.79 Å². The summed E-state index contributed by atoms with van der Waals surface area (Å²) in [7, 11) is 1.07. The number of ether oxygens (including phenoxy) is 1. The third-order valence-electron chi connectivity index (χ3n) is 2.08. The summed E-state index contributed by atoms with van der Waals surface area (Å²) in [5, 5.41) is 3.96. The smallest absolute Gasteiger partial charge is 0.417 e. The Kier molecular flexibility index (Phi) is 4.73. The van der Waals surface area contributed by atoms with Gasteiger partial charge in [0.1, 0.15) is 12.2 Å². The molecule has 10 heteroatoms. The van der Waals surface area contributed by atoms with E-state index in [4.69, 9.17) is 0 Å². The van der Waals surface area contributed by atoms with Crippen molar-refractivity contribution in [3.8, 4) is 0 Å². The van der Waals surface area contributed by atoms with E-state index in [-0.39, 0.29) is 0 Å². The fraction of sp³-hybridized carbons (Fsp3) is 0.300. The maximum absolute atomic E-state index is 12.4. The molecule has 1 aromatic rings. The van der Waals surface area contributed by atoms with Crippen LogP contribution in [0.3, 0.4) is 0 Å². The molecule has 0 aromatic carbocycles. The van der Waals surface area contributed by atoms with Crippen molar-refractivity contribution in [2.75, 3.05) is 19.0 Å². The molecule has 0 spiro atoms. The molecule has 0 atom stereocenters. The van der Waals surface area contributed by atoms with Crippen LogP contribution in [-0.4, -0.2) is 30.6 Å². The topological polar surface area (TPSA) is 100 Å². The molecule has 1 rings (SSSR count). The lowest BCUT2D eigenvalue weighted by Crippen LogP contribution is -2.34. The number of H-pyrrole nitrogens is 1. The summed E-state index contributed by atoms with van der Waals surface area (Å²) in [6, 6.07) is 0.495. The number of rotatable bonds is 3. The first-order valence-corrected chi connectivity index (χ1v) is 5.15. The van der Waals surface area contributed by atoms with Crippen LogP contribution < -0.4 is 16.2 Å². The minimum Gasteiger partial charge on any atom is -0.453 e. The quantitative estimate of drug-likeness (QED) is 0.763. The van der Waals surface area contributed by atoms with E-state index in [2.05, 4.69) is 4.74 Å². The second-order valence-electron chi connectivity index (χ2n) is 3.52. The molecule has 1 heterocycles. The summed E-state index contributed by atoms with van der Waals surface area (Å²) < 4.78 is 41.5. The Morgan fingerprint density at radius 3 is 2.60 bits per heavy atom. The van der Waals surface area contributed by atoms with Gasteiger partial charge in [0, 0.05) is 6.20 Å². The van der Waals surface area contributed by atoms with E-state index < -0.39 is 41.5 Å². The fourth-order valence-corrected chi connectivity index (χ4v) is 1.16. The average molecular weight is 293 g/mol. The van der Waals surface area contributed by atoms with Crippen molar-refractivity contribution in [3.63, 3.8) is 0 Å². The van der Waals surface area contributed by atoms with Crippen molar-refractivity contribution < 1.29 is 27.5 Å². The SMILES string of the molecule is COC(=O)NCC(=O)Nc1cc(C(F)(F)F)c[nH]c1=O. The summed E-state index contributed by atoms with van der Waals surface area (Å²) in [6.45, 7) is -0.553. The Labute approximate surface area is 110 Å². The molecule has 0 aliphatic rings. The van der Waals surface area contributed by atoms with E-state index in [0.29, 0.717) is 12.3 Å². The number of alkyl carbamates (subject to hydrolysis) is 1. The van der Waals surface area contributed by atoms with Crippen LogP contribution in [0.25, 0.3) is 0 Å². The number of methoxy groups -OCH3 is 1. The molecule has 3 N–H and O–H groups in total. The number of pyridine rings is 1. The number of halogens is 3. The van der Waals surface area contributed by atoms with E-state index in [1.807, 2.05) is 15.6 Å². The van der Waals surface area contributed by atoms with Gasteiger partial charge in [0.2, 0.25) is 5.91 Å². The highest BCUT2D eigenvalue weighted by molar-refractivity contribution is 5.93. The zero-order chi connectivity index (χ0) is 15.3. The number of aromatic amines is 1. The first-order chi connectivity index (χ1) is 9.24. The van der Waals surface area contributed by atoms with Gasteiger partial charge in [0.25, 0.3) is 5.56 Å². The molecule has 0 fully saturated rings. The summed E-state index contributed by atoms with van der Waals surface area (Å²) in [5.41, 5.74) is -2.59. The highest BCUT2D eigenvalue weighted by Crippen LogP contribution is 2.28. The Morgan fingerprint density at radius 1 is 1.40 bits per heavy atom. The van der Waals surface area contributed by atoms with Crippen LogP contribution in [0.5, 0.6) is 0 Å². The zero-order valence-electron chi connectivity index (χ0n) is 10.1. The lowest BCUT2D eigenvalue weighted by Gasteiger charge is -2.09. The van der Waals surface area contributed by atoms with Crippen molar-refractivity contribution in [1.82, 2.24) is 10.3 Å². The largest absolute Gasteiger partial charge is 0.453 e. The maximum Gasteiger partial charge on any atom is 0.417 e. The Balaban J connectivity index is 2.79. The van der Waals surface area contributed by atoms with E-state index in [0.717, 1.165) is 7.11 Å². The summed E-state index contributed by atoms with van der Waals surface area (Å²) in [6.07, 6.45) is -5.06. The maximum atomic E-state index is 12.4. The van der Waals surface area contributed by atoms with Gasteiger partial charge in [-0.2, -0.15) is 13.2 Å². The molecule has 110 valence electrons. The second kappa shape index (κ2) is 6.08. The predicted molar refractivity (Wildman–Crippen MR) is 61.1 cm³/mol. The molecule has 7 nitrogen and oxygen atoms in total. The molecule has 1 aromatic heterocycles. The van der Waals surface area contributed by atoms with Crippen LogP contribution in [0.1, 0.15) is 5.56 Å². The van der Waals surface area contributed by atoms with Crippen molar-refractivity contribution in [1.29, 1.82) is 0 Å². The van der Waals surface area contributed by atoms with Crippen LogP contribution in [0.4, 0.5) is 23.7 Å². The standard InChI is InChI=1S/C10H10F3N3O4/c1-20-9(19)15-4-7(17)16-6-2-5(10(11,12)13)3-14-8(6)18/h2-3H,4H2,1H3,(H,14,18)(H,15,19)(H,16,17). The molecule has 0 aliphatic heterocycles. The Hall–Kier alpha value is -2.52. The second-order valence-corrected chi connectivity index (χ2v) is 3.52. The normalized spacial score (nSPS) is 10.8. The lowest BCUT2D eigenvalue weighted by atomic mass is 10.2. The number of anilines is 1. The Morgan fingerprint density at radius 2 is 2.05 bits per heavy atom. The molecule has 0 saturated heterocycles. The van der Waals surface area contributed by atoms with Gasteiger partial charge < -0.3 is 20.4 Å². The van der Waals surface area contributed by atoms with Crippen LogP contribution in [0.15, 0.2) is 17.1 Å². The molecule has 0 saturated carbocycles. The zero-order valence-corrected chi connectivity index (χ0v) is 10.1. The van der Waals surface area contributed by atoms with Crippen LogP contribution >= 0.6 is 0 Å². The van der Waals surface area contributed by atoms with Gasteiger partial charge >= 0.3 is 12.3 Å². The third-order valence-corrected chi connectivity index (χ3v) is 2.08. The van der Waals surface area contributed by atoms with E-state index in [1.165, 1.54) is 0 Å². The van der Waals surface area contributed by atoms with Gasteiger partial charge in [0.05, 0.1) is 12.7 Å². The van der Waals surface area contributed by atoms with Crippen LogP contribution in [0.2, 0.25) is 0 Å². The monoisotopic (exact) mass is 293 g/mol. The number of nitrogens with one attached hydrogen (secondary N) is 3. The number of alkyl halides is 3. The van der Waals surface area contributed by atoms with Crippen molar-refractivity contribution in [2.24, 2.45) is 0 Å². The van der Waals surface area contributed by atoms with Gasteiger partial charge in [-0.15, -0.1) is 0 Å². The van der Waals surface area contributed by atoms with E-state index in [1.54, 1.807) is 0 Å². The first-order valence-electron chi connectivity index (χ1n) is 5.15. The van der Waals surface area contributed by atoms with E-state index >= 15 is 0 Å². The molecule has 0 radical (unpaired) electrons. The first kappa shape index (κ1) is 15.5. The average Bonchev–Trinajstić information content (AvgIpc) is 2.37. The van der Waals surface area contributed by atoms with Gasteiger partial charge in [-0.05, 0) is 6.07 Å². The molecule has 0 aliphatic carbocycles. The molecule has 2 amide bonds. The highest BCUT2D eigenvalue weighted by Gasteiger charge is 2.31. The summed E-state index contributed by atoms with van der Waals surface area (Å²) in [5.74, 6) is -0.875. The number of carbonyl (C=O) groups excluding carboxylic acids is 2. The van der Waals surface area contributed by atoms with E-state index in [9.17, 15) is 27.6 Å². The summed E-state index contributed by atoms with van der Waals surface area (Å²) in [4.78, 5) is 35.2. The molecule has 0 bridgehead atoms. The molecular formula is C10H10F3N3O4. The molecule has 20 heavy (non-hydrogen) atoms. The predicted octanol–water partition coefficient (Wildman–Crippen LogP) is 0.688. The van der Waals surface area contributed by atoms with Crippen LogP contribution in [0, 0.1) is 0 Å². The number of carbonyl (C=O) groups is 2. The van der Waals surface area contributed by atoms with Gasteiger partial charge in [-0.1, -0.05) is 0 Å². The number of hydrogen-bond donors (Lipinski definition) is 3. The van der Waals surface area contributed by atoms with Crippen LogP contribution in [-0.2, 0) is 15.7 Å². The lowest BCUT2D eigenvalue weighted by molar-refractivity contribution is -0.137. The minimum absolute atomic E-state index is 0.491. The number of aromatic nitrogens is 1. The minimum atomic E-state index is -4.66. The van der Waals surface area contributed by atoms with Gasteiger partial charge in [-0.3, -0.25) is 9.59 Å².